The van der Waals surface area contributed by atoms with Crippen molar-refractivity contribution in [3.8, 4) is 0 Å². The summed E-state index contributed by atoms with van der Waals surface area (Å²) in [6, 6.07) is 7.43. The highest BCUT2D eigenvalue weighted by Gasteiger charge is 2.23. The van der Waals surface area contributed by atoms with Gasteiger partial charge >= 0.3 is 5.97 Å². The molecule has 0 saturated heterocycles. The molecule has 0 aliphatic rings. The fraction of sp³-hybridized carbons (Fsp3) is 0.400. The number of H-pyrrole nitrogens is 1. The first kappa shape index (κ1) is 21.0. The first-order valence-electron chi connectivity index (χ1n) is 8.74. The number of carbonyl (C=O) groups excluding carboxylic acids is 2. The van der Waals surface area contributed by atoms with Crippen LogP contribution in [0, 0.1) is 13.8 Å². The van der Waals surface area contributed by atoms with Crippen molar-refractivity contribution in [3.63, 3.8) is 0 Å². The van der Waals surface area contributed by atoms with E-state index in [4.69, 9.17) is 21.1 Å². The third-order valence-corrected chi connectivity index (χ3v) is 4.43. The summed E-state index contributed by atoms with van der Waals surface area (Å²) < 4.78 is 10.0. The number of hydrogen-bond donors (Lipinski definition) is 2. The zero-order valence-electron chi connectivity index (χ0n) is 16.0. The van der Waals surface area contributed by atoms with Crippen LogP contribution in [0.2, 0.25) is 5.02 Å². The molecular weight excluding hydrogens is 368 g/mol. The molecule has 1 atom stereocenters. The Morgan fingerprint density at radius 2 is 2.00 bits per heavy atom. The maximum Gasteiger partial charge on any atom is 0.340 e. The first-order valence-corrected chi connectivity index (χ1v) is 9.11. The number of rotatable bonds is 8. The van der Waals surface area contributed by atoms with Crippen molar-refractivity contribution in [2.24, 2.45) is 0 Å². The molecule has 0 aliphatic carbocycles. The summed E-state index contributed by atoms with van der Waals surface area (Å²) in [6.45, 7) is 5.88. The molecule has 0 bridgehead atoms. The number of aromatic amines is 1. The minimum Gasteiger partial charge on any atom is -0.460 e. The van der Waals surface area contributed by atoms with Crippen LogP contribution in [-0.2, 0) is 15.9 Å². The fourth-order valence-electron chi connectivity index (χ4n) is 2.94. The van der Waals surface area contributed by atoms with Gasteiger partial charge in [-0.2, -0.15) is 0 Å². The minimum atomic E-state index is -0.468. The van der Waals surface area contributed by atoms with Crippen molar-refractivity contribution in [2.75, 3.05) is 20.3 Å². The van der Waals surface area contributed by atoms with E-state index in [2.05, 4.69) is 10.3 Å². The maximum atomic E-state index is 12.6. The van der Waals surface area contributed by atoms with E-state index >= 15 is 0 Å². The molecule has 0 aliphatic heterocycles. The van der Waals surface area contributed by atoms with E-state index in [-0.39, 0.29) is 18.6 Å². The predicted octanol–water partition coefficient (Wildman–Crippen LogP) is 3.45. The third kappa shape index (κ3) is 5.58. The molecule has 0 fully saturated rings. The molecule has 1 aromatic carbocycles. The molecule has 0 saturated carbocycles. The second kappa shape index (κ2) is 9.58. The SMILES string of the molecule is COCCOC(=O)c1c(C)[nH]c(C(=O)N[C@@H](C)Cc2cccc(Cl)c2)c1C. The molecule has 0 unspecified atom stereocenters. The summed E-state index contributed by atoms with van der Waals surface area (Å²) in [5.41, 5.74) is 2.96. The lowest BCUT2D eigenvalue weighted by Crippen LogP contribution is -2.34. The van der Waals surface area contributed by atoms with Crippen molar-refractivity contribution in [1.82, 2.24) is 10.3 Å². The highest BCUT2D eigenvalue weighted by atomic mass is 35.5. The Morgan fingerprint density at radius 1 is 1.26 bits per heavy atom. The van der Waals surface area contributed by atoms with E-state index in [9.17, 15) is 9.59 Å². The second-order valence-corrected chi connectivity index (χ2v) is 6.90. The average molecular weight is 393 g/mol. The van der Waals surface area contributed by atoms with Crippen molar-refractivity contribution in [3.05, 3.63) is 57.4 Å². The lowest BCUT2D eigenvalue weighted by Gasteiger charge is -2.14. The van der Waals surface area contributed by atoms with Gasteiger partial charge in [-0.15, -0.1) is 0 Å². The number of benzene rings is 1. The molecule has 0 radical (unpaired) electrons. The van der Waals surface area contributed by atoms with Gasteiger partial charge in [-0.25, -0.2) is 4.79 Å². The molecule has 27 heavy (non-hydrogen) atoms. The van der Waals surface area contributed by atoms with Crippen LogP contribution in [-0.4, -0.2) is 43.2 Å². The van der Waals surface area contributed by atoms with E-state index in [0.717, 1.165) is 5.56 Å². The van der Waals surface area contributed by atoms with Crippen LogP contribution < -0.4 is 5.32 Å². The number of ether oxygens (including phenoxy) is 2. The quantitative estimate of drug-likeness (QED) is 0.532. The van der Waals surface area contributed by atoms with Gasteiger partial charge in [0.05, 0.1) is 12.2 Å². The van der Waals surface area contributed by atoms with Gasteiger partial charge in [0.2, 0.25) is 0 Å². The molecule has 7 heteroatoms. The van der Waals surface area contributed by atoms with Crippen LogP contribution in [0.4, 0.5) is 0 Å². The van der Waals surface area contributed by atoms with Gasteiger partial charge in [0, 0.05) is 23.9 Å². The smallest absolute Gasteiger partial charge is 0.340 e. The van der Waals surface area contributed by atoms with Gasteiger partial charge in [-0.1, -0.05) is 23.7 Å². The fourth-order valence-corrected chi connectivity index (χ4v) is 3.15. The number of methoxy groups -OCH3 is 1. The Balaban J connectivity index is 2.05. The highest BCUT2D eigenvalue weighted by molar-refractivity contribution is 6.30. The van der Waals surface area contributed by atoms with Crippen molar-refractivity contribution < 1.29 is 19.1 Å². The number of aryl methyl sites for hydroxylation is 1. The third-order valence-electron chi connectivity index (χ3n) is 4.20. The van der Waals surface area contributed by atoms with Gasteiger partial charge < -0.3 is 19.8 Å². The summed E-state index contributed by atoms with van der Waals surface area (Å²) in [7, 11) is 1.54. The van der Waals surface area contributed by atoms with Crippen LogP contribution in [0.25, 0.3) is 0 Å². The summed E-state index contributed by atoms with van der Waals surface area (Å²) in [5, 5.41) is 3.62. The normalized spacial score (nSPS) is 11.9. The molecule has 2 N–H and O–H groups in total. The predicted molar refractivity (Wildman–Crippen MR) is 105 cm³/mol. The Hall–Kier alpha value is -2.31. The number of nitrogens with one attached hydrogen (secondary N) is 2. The van der Waals surface area contributed by atoms with Gasteiger partial charge in [0.15, 0.2) is 0 Å². The van der Waals surface area contributed by atoms with E-state index in [1.165, 1.54) is 7.11 Å². The van der Waals surface area contributed by atoms with Gasteiger partial charge in [-0.05, 0) is 50.5 Å². The zero-order valence-corrected chi connectivity index (χ0v) is 16.8. The lowest BCUT2D eigenvalue weighted by atomic mass is 10.1. The minimum absolute atomic E-state index is 0.101. The Morgan fingerprint density at radius 3 is 2.67 bits per heavy atom. The molecule has 1 aromatic heterocycles. The van der Waals surface area contributed by atoms with Gasteiger partial charge in [0.1, 0.15) is 12.3 Å². The summed E-state index contributed by atoms with van der Waals surface area (Å²) >= 11 is 6.00. The van der Waals surface area contributed by atoms with Crippen molar-refractivity contribution in [1.29, 1.82) is 0 Å². The molecular formula is C20H25ClN2O4. The standard InChI is InChI=1S/C20H25ClN2O4/c1-12(10-15-6-5-7-16(21)11-15)22-19(24)18-13(2)17(14(3)23-18)20(25)27-9-8-26-4/h5-7,11-12,23H,8-10H2,1-4H3,(H,22,24)/t12-/m0/s1. The highest BCUT2D eigenvalue weighted by Crippen LogP contribution is 2.19. The van der Waals surface area contributed by atoms with E-state index in [1.807, 2.05) is 31.2 Å². The van der Waals surface area contributed by atoms with Crippen LogP contribution in [0.5, 0.6) is 0 Å². The largest absolute Gasteiger partial charge is 0.460 e. The molecule has 1 amide bonds. The number of halogens is 1. The Kier molecular flexibility index (Phi) is 7.45. The monoisotopic (exact) mass is 392 g/mol. The maximum absolute atomic E-state index is 12.6. The summed E-state index contributed by atoms with van der Waals surface area (Å²) in [6.07, 6.45) is 0.650. The molecule has 2 aromatic rings. The van der Waals surface area contributed by atoms with Crippen LogP contribution in [0.15, 0.2) is 24.3 Å². The van der Waals surface area contributed by atoms with Crippen molar-refractivity contribution in [2.45, 2.75) is 33.2 Å². The number of carbonyl (C=O) groups is 2. The number of esters is 1. The number of hydrogen-bond acceptors (Lipinski definition) is 4. The molecule has 1 heterocycles. The van der Waals surface area contributed by atoms with Crippen molar-refractivity contribution >= 4 is 23.5 Å². The first-order chi connectivity index (χ1) is 12.8. The number of aromatic nitrogens is 1. The van der Waals surface area contributed by atoms with Gasteiger partial charge in [0.25, 0.3) is 5.91 Å². The van der Waals surface area contributed by atoms with E-state index in [1.54, 1.807) is 13.8 Å². The zero-order chi connectivity index (χ0) is 20.0. The van der Waals surface area contributed by atoms with Gasteiger partial charge in [-0.3, -0.25) is 4.79 Å². The van der Waals surface area contributed by atoms with Crippen LogP contribution in [0.1, 0.15) is 44.6 Å². The topological polar surface area (TPSA) is 80.4 Å². The number of amides is 1. The van der Waals surface area contributed by atoms with E-state index < -0.39 is 5.97 Å². The summed E-state index contributed by atoms with van der Waals surface area (Å²) in [4.78, 5) is 27.9. The molecule has 2 rings (SSSR count). The Labute approximate surface area is 164 Å². The van der Waals surface area contributed by atoms with Crippen LogP contribution in [0.3, 0.4) is 0 Å². The Bertz CT molecular complexity index is 816. The van der Waals surface area contributed by atoms with Crippen LogP contribution >= 0.6 is 11.6 Å². The molecule has 146 valence electrons. The summed E-state index contributed by atoms with van der Waals surface area (Å²) in [5.74, 6) is -0.731. The average Bonchev–Trinajstić information content (AvgIpc) is 2.89. The lowest BCUT2D eigenvalue weighted by molar-refractivity contribution is 0.0387. The molecule has 6 nitrogen and oxygen atoms in total. The second-order valence-electron chi connectivity index (χ2n) is 6.46. The van der Waals surface area contributed by atoms with E-state index in [0.29, 0.717) is 40.6 Å². The molecule has 0 spiro atoms.